The number of amides is 3. The normalized spacial score (nSPS) is 15.4. The Labute approximate surface area is 148 Å². The molecule has 2 rings (SSSR count). The van der Waals surface area contributed by atoms with Gasteiger partial charge in [0.05, 0.1) is 14.2 Å². The van der Waals surface area contributed by atoms with Gasteiger partial charge in [0, 0.05) is 11.6 Å². The molecule has 7 heteroatoms. The maximum absolute atomic E-state index is 12.2. The fourth-order valence-corrected chi connectivity index (χ4v) is 2.99. The first-order valence-electron chi connectivity index (χ1n) is 8.73. The smallest absolute Gasteiger partial charge is 0.333 e. The zero-order valence-electron chi connectivity index (χ0n) is 14.9. The molecule has 3 N–H and O–H groups in total. The summed E-state index contributed by atoms with van der Waals surface area (Å²) in [7, 11) is 3.03. The summed E-state index contributed by atoms with van der Waals surface area (Å²) in [6.07, 6.45) is 7.94. The van der Waals surface area contributed by atoms with E-state index in [1.54, 1.807) is 18.2 Å². The highest BCUT2D eigenvalue weighted by Crippen LogP contribution is 2.27. The number of hydrazine groups is 1. The molecule has 0 aliphatic heterocycles. The van der Waals surface area contributed by atoms with Crippen LogP contribution in [-0.4, -0.2) is 32.2 Å². The van der Waals surface area contributed by atoms with Gasteiger partial charge >= 0.3 is 6.03 Å². The lowest BCUT2D eigenvalue weighted by Crippen LogP contribution is -2.50. The number of benzene rings is 1. The Morgan fingerprint density at radius 3 is 2.20 bits per heavy atom. The number of ether oxygens (including phenoxy) is 2. The van der Waals surface area contributed by atoms with Crippen molar-refractivity contribution >= 4 is 11.9 Å². The van der Waals surface area contributed by atoms with Crippen molar-refractivity contribution in [1.82, 2.24) is 16.2 Å². The van der Waals surface area contributed by atoms with Crippen LogP contribution < -0.4 is 25.6 Å². The van der Waals surface area contributed by atoms with Gasteiger partial charge in [-0.1, -0.05) is 32.1 Å². The zero-order chi connectivity index (χ0) is 18.1. The fraction of sp³-hybridized carbons (Fsp3) is 0.556. The Balaban J connectivity index is 1.83. The third-order valence-corrected chi connectivity index (χ3v) is 4.38. The Morgan fingerprint density at radius 2 is 1.56 bits per heavy atom. The van der Waals surface area contributed by atoms with Crippen LogP contribution in [0.3, 0.4) is 0 Å². The van der Waals surface area contributed by atoms with E-state index in [1.165, 1.54) is 33.5 Å². The summed E-state index contributed by atoms with van der Waals surface area (Å²) in [5.41, 5.74) is 5.18. The van der Waals surface area contributed by atoms with Gasteiger partial charge in [-0.15, -0.1) is 0 Å². The van der Waals surface area contributed by atoms with Crippen molar-refractivity contribution in [3.05, 3.63) is 23.8 Å². The van der Waals surface area contributed by atoms with Crippen molar-refractivity contribution in [2.45, 2.75) is 51.0 Å². The van der Waals surface area contributed by atoms with Crippen LogP contribution in [-0.2, 0) is 0 Å². The predicted molar refractivity (Wildman–Crippen MR) is 94.8 cm³/mol. The molecular formula is C18H27N3O4. The van der Waals surface area contributed by atoms with Crippen LogP contribution in [0.25, 0.3) is 0 Å². The van der Waals surface area contributed by atoms with E-state index in [0.717, 1.165) is 25.7 Å². The standard InChI is InChI=1S/C18H27N3O4/c1-24-15-11-10-13(12-16(15)25-2)17(22)20-21-18(23)19-14-8-6-4-3-5-7-9-14/h10-12,14H,3-9H2,1-2H3,(H,20,22)(H2,19,21,23). The molecule has 1 saturated carbocycles. The molecule has 0 aromatic heterocycles. The average molecular weight is 349 g/mol. The van der Waals surface area contributed by atoms with Crippen molar-refractivity contribution in [2.24, 2.45) is 0 Å². The summed E-state index contributed by atoms with van der Waals surface area (Å²) in [5, 5.41) is 2.92. The second kappa shape index (κ2) is 9.76. The maximum atomic E-state index is 12.2. The molecule has 1 aliphatic rings. The third-order valence-electron chi connectivity index (χ3n) is 4.38. The minimum absolute atomic E-state index is 0.165. The SMILES string of the molecule is COc1ccc(C(=O)NNC(=O)NC2CCCCCCC2)cc1OC. The van der Waals surface area contributed by atoms with Gasteiger partial charge in [-0.05, 0) is 31.0 Å². The lowest BCUT2D eigenvalue weighted by molar-refractivity contribution is 0.0935. The van der Waals surface area contributed by atoms with Crippen LogP contribution in [0.4, 0.5) is 4.79 Å². The number of carbonyl (C=O) groups excluding carboxylic acids is 2. The lowest BCUT2D eigenvalue weighted by Gasteiger charge is -2.21. The van der Waals surface area contributed by atoms with Gasteiger partial charge in [0.2, 0.25) is 0 Å². The summed E-state index contributed by atoms with van der Waals surface area (Å²) in [5.74, 6) is 0.567. The van der Waals surface area contributed by atoms with Gasteiger partial charge in [-0.25, -0.2) is 10.2 Å². The molecule has 0 bridgehead atoms. The van der Waals surface area contributed by atoms with Gasteiger partial charge in [0.15, 0.2) is 11.5 Å². The monoisotopic (exact) mass is 349 g/mol. The second-order valence-corrected chi connectivity index (χ2v) is 6.16. The van der Waals surface area contributed by atoms with Crippen LogP contribution in [0, 0.1) is 0 Å². The Morgan fingerprint density at radius 1 is 0.920 bits per heavy atom. The quantitative estimate of drug-likeness (QED) is 0.729. The summed E-state index contributed by atoms with van der Waals surface area (Å²) in [4.78, 5) is 24.1. The fourth-order valence-electron chi connectivity index (χ4n) is 2.99. The molecule has 3 amide bonds. The number of nitrogens with one attached hydrogen (secondary N) is 3. The Bertz CT molecular complexity index is 584. The summed E-state index contributed by atoms with van der Waals surface area (Å²) >= 11 is 0. The van der Waals surface area contributed by atoms with Gasteiger partial charge in [-0.3, -0.25) is 10.2 Å². The highest BCUT2D eigenvalue weighted by Gasteiger charge is 2.15. The minimum atomic E-state index is -0.422. The van der Waals surface area contributed by atoms with Gasteiger partial charge in [0.25, 0.3) is 5.91 Å². The first-order valence-corrected chi connectivity index (χ1v) is 8.73. The minimum Gasteiger partial charge on any atom is -0.493 e. The van der Waals surface area contributed by atoms with E-state index in [-0.39, 0.29) is 12.1 Å². The van der Waals surface area contributed by atoms with E-state index < -0.39 is 5.91 Å². The Hall–Kier alpha value is -2.44. The topological polar surface area (TPSA) is 88.7 Å². The molecule has 138 valence electrons. The highest BCUT2D eigenvalue weighted by molar-refractivity contribution is 5.95. The van der Waals surface area contributed by atoms with E-state index in [1.807, 2.05) is 0 Å². The van der Waals surface area contributed by atoms with Gasteiger partial charge in [-0.2, -0.15) is 0 Å². The molecular weight excluding hydrogens is 322 g/mol. The molecule has 0 atom stereocenters. The molecule has 1 aromatic rings. The van der Waals surface area contributed by atoms with Crippen LogP contribution in [0.5, 0.6) is 11.5 Å². The van der Waals surface area contributed by atoms with Crippen molar-refractivity contribution in [2.75, 3.05) is 14.2 Å². The van der Waals surface area contributed by atoms with Gasteiger partial charge < -0.3 is 14.8 Å². The largest absolute Gasteiger partial charge is 0.493 e. The number of hydrogen-bond acceptors (Lipinski definition) is 4. The molecule has 1 aliphatic carbocycles. The van der Waals surface area contributed by atoms with Crippen LogP contribution in [0.1, 0.15) is 55.3 Å². The molecule has 0 radical (unpaired) electrons. The molecule has 1 fully saturated rings. The van der Waals surface area contributed by atoms with E-state index in [9.17, 15) is 9.59 Å². The number of rotatable bonds is 4. The number of hydrogen-bond donors (Lipinski definition) is 3. The van der Waals surface area contributed by atoms with Crippen molar-refractivity contribution in [1.29, 1.82) is 0 Å². The van der Waals surface area contributed by atoms with Gasteiger partial charge in [0.1, 0.15) is 0 Å². The lowest BCUT2D eigenvalue weighted by atomic mass is 9.97. The molecule has 0 saturated heterocycles. The number of urea groups is 1. The molecule has 25 heavy (non-hydrogen) atoms. The average Bonchev–Trinajstić information content (AvgIpc) is 2.61. The maximum Gasteiger partial charge on any atom is 0.333 e. The van der Waals surface area contributed by atoms with Crippen molar-refractivity contribution in [3.8, 4) is 11.5 Å². The summed E-state index contributed by atoms with van der Waals surface area (Å²) in [6.45, 7) is 0. The van der Waals surface area contributed by atoms with E-state index >= 15 is 0 Å². The van der Waals surface area contributed by atoms with Crippen LogP contribution >= 0.6 is 0 Å². The van der Waals surface area contributed by atoms with E-state index in [0.29, 0.717) is 17.1 Å². The predicted octanol–water partition coefficient (Wildman–Crippen LogP) is 2.76. The molecule has 1 aromatic carbocycles. The molecule has 0 heterocycles. The molecule has 0 unspecified atom stereocenters. The van der Waals surface area contributed by atoms with Crippen LogP contribution in [0.15, 0.2) is 18.2 Å². The zero-order valence-corrected chi connectivity index (χ0v) is 14.9. The van der Waals surface area contributed by atoms with Crippen molar-refractivity contribution in [3.63, 3.8) is 0 Å². The first kappa shape index (κ1) is 18.9. The van der Waals surface area contributed by atoms with Crippen molar-refractivity contribution < 1.29 is 19.1 Å². The molecule has 0 spiro atoms. The number of carbonyl (C=O) groups is 2. The van der Waals surface area contributed by atoms with E-state index in [4.69, 9.17) is 9.47 Å². The van der Waals surface area contributed by atoms with E-state index in [2.05, 4.69) is 16.2 Å². The van der Waals surface area contributed by atoms with Crippen LogP contribution in [0.2, 0.25) is 0 Å². The summed E-state index contributed by atoms with van der Waals surface area (Å²) < 4.78 is 10.3. The first-order chi connectivity index (χ1) is 12.1. The summed E-state index contributed by atoms with van der Waals surface area (Å²) in [6, 6.07) is 4.58. The third kappa shape index (κ3) is 5.85. The molecule has 7 nitrogen and oxygen atoms in total. The second-order valence-electron chi connectivity index (χ2n) is 6.16. The number of methoxy groups -OCH3 is 2. The Kier molecular flexibility index (Phi) is 7.37. The highest BCUT2D eigenvalue weighted by atomic mass is 16.5.